The average Bonchev–Trinajstić information content (AvgIpc) is 2.04. The van der Waals surface area contributed by atoms with E-state index in [1.54, 1.807) is 26.8 Å². The van der Waals surface area contributed by atoms with Crippen LogP contribution in [0.1, 0.15) is 27.2 Å². The molecule has 0 aliphatic rings. The molecule has 4 N–H and O–H groups in total. The second-order valence-corrected chi connectivity index (χ2v) is 3.98. The summed E-state index contributed by atoms with van der Waals surface area (Å²) in [5.41, 5.74) is 4.95. The lowest BCUT2D eigenvalue weighted by molar-refractivity contribution is -0.141. The SMILES string of the molecule is C=CCCO.CC(C)(C)[C@H](N)C(=O)O. The Hall–Kier alpha value is -0.870. The minimum absolute atomic E-state index is 0.226. The fraction of sp³-hybridized carbons (Fsp3) is 0.700. The molecule has 0 fully saturated rings. The normalized spacial score (nSPS) is 12.4. The maximum atomic E-state index is 10.2. The molecule has 4 heteroatoms. The van der Waals surface area contributed by atoms with Crippen molar-refractivity contribution in [2.24, 2.45) is 11.1 Å². The van der Waals surface area contributed by atoms with Crippen molar-refractivity contribution in [2.45, 2.75) is 33.2 Å². The second-order valence-electron chi connectivity index (χ2n) is 3.98. The highest BCUT2D eigenvalue weighted by atomic mass is 16.4. The molecule has 0 saturated heterocycles. The quantitative estimate of drug-likeness (QED) is 0.597. The molecule has 0 bridgehead atoms. The molecule has 0 aromatic rings. The first-order valence-electron chi connectivity index (χ1n) is 4.47. The Labute approximate surface area is 85.4 Å². The van der Waals surface area contributed by atoms with Crippen LogP contribution in [0.4, 0.5) is 0 Å². The van der Waals surface area contributed by atoms with Crippen molar-refractivity contribution in [1.29, 1.82) is 0 Å². The number of nitrogens with two attached hydrogens (primary N) is 1. The Morgan fingerprint density at radius 1 is 1.57 bits per heavy atom. The topological polar surface area (TPSA) is 83.5 Å². The van der Waals surface area contributed by atoms with Gasteiger partial charge in [-0.05, 0) is 11.8 Å². The molecule has 0 unspecified atom stereocenters. The van der Waals surface area contributed by atoms with E-state index in [2.05, 4.69) is 6.58 Å². The zero-order chi connectivity index (χ0) is 11.8. The van der Waals surface area contributed by atoms with Gasteiger partial charge in [-0.1, -0.05) is 26.8 Å². The molecule has 0 rings (SSSR count). The van der Waals surface area contributed by atoms with Crippen molar-refractivity contribution in [3.63, 3.8) is 0 Å². The lowest BCUT2D eigenvalue weighted by Gasteiger charge is -2.22. The maximum absolute atomic E-state index is 10.2. The number of aliphatic carboxylic acids is 1. The van der Waals surface area contributed by atoms with Crippen molar-refractivity contribution in [3.8, 4) is 0 Å². The van der Waals surface area contributed by atoms with Gasteiger partial charge in [0.15, 0.2) is 0 Å². The minimum atomic E-state index is -0.942. The molecular formula is C10H21NO3. The fourth-order valence-electron chi connectivity index (χ4n) is 0.462. The van der Waals surface area contributed by atoms with Crippen LogP contribution in [0, 0.1) is 5.41 Å². The van der Waals surface area contributed by atoms with Crippen LogP contribution in [0.5, 0.6) is 0 Å². The predicted octanol–water partition coefficient (Wildman–Crippen LogP) is 0.999. The zero-order valence-corrected chi connectivity index (χ0v) is 9.16. The Balaban J connectivity index is 0. The first-order chi connectivity index (χ1) is 6.27. The summed E-state index contributed by atoms with van der Waals surface area (Å²) in [4.78, 5) is 10.2. The van der Waals surface area contributed by atoms with Crippen LogP contribution in [-0.4, -0.2) is 28.8 Å². The maximum Gasteiger partial charge on any atom is 0.321 e. The Bertz CT molecular complexity index is 173. The third kappa shape index (κ3) is 9.22. The lowest BCUT2D eigenvalue weighted by Crippen LogP contribution is -2.41. The van der Waals surface area contributed by atoms with E-state index in [-0.39, 0.29) is 12.0 Å². The van der Waals surface area contributed by atoms with Crippen LogP contribution in [-0.2, 0) is 4.79 Å². The molecule has 0 amide bonds. The lowest BCUT2D eigenvalue weighted by atomic mass is 9.88. The highest BCUT2D eigenvalue weighted by Gasteiger charge is 2.26. The van der Waals surface area contributed by atoms with E-state index < -0.39 is 12.0 Å². The second kappa shape index (κ2) is 7.53. The van der Waals surface area contributed by atoms with Gasteiger partial charge in [0.2, 0.25) is 0 Å². The van der Waals surface area contributed by atoms with Gasteiger partial charge in [0.25, 0.3) is 0 Å². The van der Waals surface area contributed by atoms with Gasteiger partial charge in [-0.15, -0.1) is 6.58 Å². The number of carbonyl (C=O) groups is 1. The first-order valence-corrected chi connectivity index (χ1v) is 4.47. The van der Waals surface area contributed by atoms with Gasteiger partial charge in [0.1, 0.15) is 6.04 Å². The van der Waals surface area contributed by atoms with E-state index >= 15 is 0 Å². The third-order valence-electron chi connectivity index (χ3n) is 1.53. The summed E-state index contributed by atoms with van der Waals surface area (Å²) in [5.74, 6) is -0.942. The van der Waals surface area contributed by atoms with E-state index in [0.29, 0.717) is 6.42 Å². The van der Waals surface area contributed by atoms with Crippen LogP contribution in [0.3, 0.4) is 0 Å². The van der Waals surface area contributed by atoms with Gasteiger partial charge >= 0.3 is 5.97 Å². The number of carboxylic acids is 1. The summed E-state index contributed by atoms with van der Waals surface area (Å²) in [5, 5.41) is 16.4. The van der Waals surface area contributed by atoms with Gasteiger partial charge < -0.3 is 15.9 Å². The minimum Gasteiger partial charge on any atom is -0.480 e. The molecule has 0 spiro atoms. The Kier molecular flexibility index (Phi) is 8.38. The van der Waals surface area contributed by atoms with E-state index in [0.717, 1.165) is 0 Å². The molecule has 84 valence electrons. The number of hydrogen-bond acceptors (Lipinski definition) is 3. The summed E-state index contributed by atoms with van der Waals surface area (Å²) < 4.78 is 0. The van der Waals surface area contributed by atoms with Gasteiger partial charge in [-0.3, -0.25) is 4.79 Å². The highest BCUT2D eigenvalue weighted by Crippen LogP contribution is 2.16. The van der Waals surface area contributed by atoms with Gasteiger partial charge in [-0.25, -0.2) is 0 Å². The van der Waals surface area contributed by atoms with Crippen LogP contribution in [0.15, 0.2) is 12.7 Å². The number of hydrogen-bond donors (Lipinski definition) is 3. The third-order valence-corrected chi connectivity index (χ3v) is 1.53. The van der Waals surface area contributed by atoms with Gasteiger partial charge in [0, 0.05) is 6.61 Å². The largest absolute Gasteiger partial charge is 0.480 e. The summed E-state index contributed by atoms with van der Waals surface area (Å²) >= 11 is 0. The van der Waals surface area contributed by atoms with Crippen molar-refractivity contribution < 1.29 is 15.0 Å². The van der Waals surface area contributed by atoms with E-state index in [4.69, 9.17) is 15.9 Å². The molecule has 0 heterocycles. The number of carboxylic acid groups (broad SMARTS) is 1. The predicted molar refractivity (Wildman–Crippen MR) is 57.0 cm³/mol. The molecule has 14 heavy (non-hydrogen) atoms. The van der Waals surface area contributed by atoms with Crippen LogP contribution < -0.4 is 5.73 Å². The van der Waals surface area contributed by atoms with Crippen molar-refractivity contribution >= 4 is 5.97 Å². The number of aliphatic hydroxyl groups is 1. The summed E-state index contributed by atoms with van der Waals surface area (Å²) in [6, 6.07) is -0.766. The molecule has 0 aromatic heterocycles. The molecule has 0 radical (unpaired) electrons. The van der Waals surface area contributed by atoms with E-state index in [1.165, 1.54) is 0 Å². The van der Waals surface area contributed by atoms with Crippen molar-refractivity contribution in [3.05, 3.63) is 12.7 Å². The molecule has 0 aromatic carbocycles. The van der Waals surface area contributed by atoms with E-state index in [9.17, 15) is 4.79 Å². The zero-order valence-electron chi connectivity index (χ0n) is 9.16. The van der Waals surface area contributed by atoms with Crippen LogP contribution >= 0.6 is 0 Å². The standard InChI is InChI=1S/C6H13NO2.C4H8O/c1-6(2,3)4(7)5(8)9;1-2-3-4-5/h4H,7H2,1-3H3,(H,8,9);2,5H,1,3-4H2/t4-;/m1./s1. The average molecular weight is 203 g/mol. The van der Waals surface area contributed by atoms with E-state index in [1.807, 2.05) is 0 Å². The number of aliphatic hydroxyl groups excluding tert-OH is 1. The molecule has 0 aliphatic carbocycles. The fourth-order valence-corrected chi connectivity index (χ4v) is 0.462. The molecular weight excluding hydrogens is 182 g/mol. The summed E-state index contributed by atoms with van der Waals surface area (Å²) in [7, 11) is 0. The van der Waals surface area contributed by atoms with Gasteiger partial charge in [-0.2, -0.15) is 0 Å². The van der Waals surface area contributed by atoms with Crippen molar-refractivity contribution in [2.75, 3.05) is 6.61 Å². The first kappa shape index (κ1) is 15.6. The Morgan fingerprint density at radius 2 is 2.00 bits per heavy atom. The molecule has 0 aliphatic heterocycles. The molecule has 0 saturated carbocycles. The van der Waals surface area contributed by atoms with Crippen molar-refractivity contribution in [1.82, 2.24) is 0 Å². The monoisotopic (exact) mass is 203 g/mol. The van der Waals surface area contributed by atoms with Gasteiger partial charge in [0.05, 0.1) is 0 Å². The summed E-state index contributed by atoms with van der Waals surface area (Å²) in [6.07, 6.45) is 2.39. The van der Waals surface area contributed by atoms with Crippen LogP contribution in [0.25, 0.3) is 0 Å². The molecule has 4 nitrogen and oxygen atoms in total. The smallest absolute Gasteiger partial charge is 0.321 e. The Morgan fingerprint density at radius 3 is 2.00 bits per heavy atom. The molecule has 1 atom stereocenters. The summed E-state index contributed by atoms with van der Waals surface area (Å²) in [6.45, 7) is 9.01. The number of rotatable bonds is 3. The highest BCUT2D eigenvalue weighted by molar-refractivity contribution is 5.74. The van der Waals surface area contributed by atoms with Crippen LogP contribution in [0.2, 0.25) is 0 Å².